The van der Waals surface area contributed by atoms with Gasteiger partial charge in [0.25, 0.3) is 0 Å². The summed E-state index contributed by atoms with van der Waals surface area (Å²) in [4.78, 5) is 11.9. The number of ether oxygens (including phenoxy) is 1. The van der Waals surface area contributed by atoms with Crippen molar-refractivity contribution in [2.24, 2.45) is 11.8 Å². The summed E-state index contributed by atoms with van der Waals surface area (Å²) in [6, 6.07) is 0.249. The molecule has 2 unspecified atom stereocenters. The van der Waals surface area contributed by atoms with E-state index in [-0.39, 0.29) is 12.6 Å². The number of hydrogen-bond acceptors (Lipinski definition) is 3. The number of amides is 2. The van der Waals surface area contributed by atoms with Gasteiger partial charge in [0.1, 0.15) is 0 Å². The molecule has 5 heteroatoms. The van der Waals surface area contributed by atoms with Crippen molar-refractivity contribution in [1.82, 2.24) is 10.6 Å². The number of carbonyl (C=O) groups excluding carboxylic acids is 1. The fourth-order valence-corrected chi connectivity index (χ4v) is 2.90. The van der Waals surface area contributed by atoms with Gasteiger partial charge in [0, 0.05) is 19.2 Å². The molecule has 0 heterocycles. The van der Waals surface area contributed by atoms with Crippen molar-refractivity contribution in [3.8, 4) is 0 Å². The molecule has 2 atom stereocenters. The van der Waals surface area contributed by atoms with Gasteiger partial charge in [-0.25, -0.2) is 4.79 Å². The first-order valence-corrected chi connectivity index (χ1v) is 7.88. The second-order valence-electron chi connectivity index (χ2n) is 5.89. The Bertz CT molecular complexity index is 272. The number of urea groups is 1. The van der Waals surface area contributed by atoms with E-state index in [0.717, 1.165) is 12.8 Å². The summed E-state index contributed by atoms with van der Waals surface area (Å²) in [6.45, 7) is 6.06. The van der Waals surface area contributed by atoms with Gasteiger partial charge in [-0.05, 0) is 31.1 Å². The summed E-state index contributed by atoms with van der Waals surface area (Å²) < 4.78 is 5.14. The molecule has 0 aliphatic heterocycles. The molecule has 1 saturated carbocycles. The van der Waals surface area contributed by atoms with E-state index in [9.17, 15) is 4.79 Å². The number of nitrogens with one attached hydrogen (secondary N) is 2. The van der Waals surface area contributed by atoms with Crippen LogP contribution in [0.2, 0.25) is 0 Å². The van der Waals surface area contributed by atoms with Gasteiger partial charge in [0.05, 0.1) is 13.2 Å². The minimum atomic E-state index is -0.0651. The van der Waals surface area contributed by atoms with Gasteiger partial charge in [-0.3, -0.25) is 0 Å². The first-order valence-electron chi connectivity index (χ1n) is 7.88. The number of aliphatic hydroxyl groups excluding tert-OH is 1. The Kier molecular flexibility index (Phi) is 8.62. The maximum atomic E-state index is 11.9. The van der Waals surface area contributed by atoms with Crippen molar-refractivity contribution in [3.63, 3.8) is 0 Å². The van der Waals surface area contributed by atoms with Crippen LogP contribution in [-0.2, 0) is 4.74 Å². The van der Waals surface area contributed by atoms with Crippen LogP contribution in [0.15, 0.2) is 0 Å². The fourth-order valence-electron chi connectivity index (χ4n) is 2.90. The summed E-state index contributed by atoms with van der Waals surface area (Å²) >= 11 is 0. The van der Waals surface area contributed by atoms with Crippen LogP contribution in [-0.4, -0.2) is 43.5 Å². The maximum Gasteiger partial charge on any atom is 0.315 e. The molecular weight excluding hydrogens is 256 g/mol. The minimum Gasteiger partial charge on any atom is -0.394 e. The molecule has 1 rings (SSSR count). The van der Waals surface area contributed by atoms with Gasteiger partial charge in [-0.15, -0.1) is 0 Å². The molecule has 1 aliphatic carbocycles. The number of rotatable bonds is 8. The molecule has 1 fully saturated rings. The molecule has 20 heavy (non-hydrogen) atoms. The van der Waals surface area contributed by atoms with Crippen LogP contribution in [0.5, 0.6) is 0 Å². The minimum absolute atomic E-state index is 0.0478. The van der Waals surface area contributed by atoms with E-state index in [0.29, 0.717) is 37.6 Å². The normalized spacial score (nSPS) is 22.8. The molecule has 118 valence electrons. The highest BCUT2D eigenvalue weighted by atomic mass is 16.5. The topological polar surface area (TPSA) is 70.6 Å². The lowest BCUT2D eigenvalue weighted by molar-refractivity contribution is 0.0909. The van der Waals surface area contributed by atoms with Crippen molar-refractivity contribution in [3.05, 3.63) is 0 Å². The van der Waals surface area contributed by atoms with E-state index in [4.69, 9.17) is 9.84 Å². The first kappa shape index (κ1) is 17.2. The molecule has 3 N–H and O–H groups in total. The van der Waals surface area contributed by atoms with Crippen LogP contribution in [0.25, 0.3) is 0 Å². The Hall–Kier alpha value is -0.810. The van der Waals surface area contributed by atoms with Crippen LogP contribution in [0.1, 0.15) is 46.0 Å². The third-order valence-electron chi connectivity index (χ3n) is 3.98. The molecule has 2 amide bonds. The van der Waals surface area contributed by atoms with Gasteiger partial charge in [0.15, 0.2) is 0 Å². The van der Waals surface area contributed by atoms with Gasteiger partial charge < -0.3 is 20.5 Å². The zero-order valence-electron chi connectivity index (χ0n) is 12.9. The van der Waals surface area contributed by atoms with Crippen LogP contribution >= 0.6 is 0 Å². The summed E-state index contributed by atoms with van der Waals surface area (Å²) in [5, 5.41) is 14.6. The van der Waals surface area contributed by atoms with Crippen molar-refractivity contribution in [1.29, 1.82) is 0 Å². The Labute approximate surface area is 122 Å². The highest BCUT2D eigenvalue weighted by Crippen LogP contribution is 2.30. The summed E-state index contributed by atoms with van der Waals surface area (Å²) in [5.74, 6) is 1.22. The number of carbonyl (C=O) groups is 1. The van der Waals surface area contributed by atoms with Crippen molar-refractivity contribution >= 4 is 6.03 Å². The van der Waals surface area contributed by atoms with Crippen molar-refractivity contribution in [2.75, 3.05) is 26.4 Å². The molecule has 5 nitrogen and oxygen atoms in total. The predicted molar refractivity (Wildman–Crippen MR) is 79.6 cm³/mol. The summed E-state index contributed by atoms with van der Waals surface area (Å²) in [5.41, 5.74) is 0. The standard InChI is InChI=1S/C15H30N2O3/c1-12(2)13-6-3-4-7-14(13)17-15(19)16-8-5-10-20-11-9-18/h12-14,18H,3-11H2,1-2H3,(H2,16,17,19). The molecular formula is C15H30N2O3. The first-order chi connectivity index (χ1) is 9.65. The Balaban J connectivity index is 2.16. The van der Waals surface area contributed by atoms with E-state index in [1.165, 1.54) is 19.3 Å². The van der Waals surface area contributed by atoms with Gasteiger partial charge in [-0.2, -0.15) is 0 Å². The highest BCUT2D eigenvalue weighted by Gasteiger charge is 2.28. The molecule has 0 aromatic rings. The van der Waals surface area contributed by atoms with E-state index in [1.807, 2.05) is 0 Å². The van der Waals surface area contributed by atoms with E-state index < -0.39 is 0 Å². The Morgan fingerprint density at radius 2 is 2.05 bits per heavy atom. The number of hydrogen-bond donors (Lipinski definition) is 3. The molecule has 0 bridgehead atoms. The molecule has 0 saturated heterocycles. The molecule has 0 aromatic carbocycles. The summed E-state index contributed by atoms with van der Waals surface area (Å²) in [6.07, 6.45) is 5.58. The lowest BCUT2D eigenvalue weighted by Gasteiger charge is -2.34. The van der Waals surface area contributed by atoms with Gasteiger partial charge in [0.2, 0.25) is 0 Å². The smallest absolute Gasteiger partial charge is 0.315 e. The van der Waals surface area contributed by atoms with Crippen molar-refractivity contribution < 1.29 is 14.6 Å². The lowest BCUT2D eigenvalue weighted by atomic mass is 9.78. The van der Waals surface area contributed by atoms with E-state index >= 15 is 0 Å². The third-order valence-corrected chi connectivity index (χ3v) is 3.98. The Morgan fingerprint density at radius 3 is 2.75 bits per heavy atom. The second kappa shape index (κ2) is 10.00. The van der Waals surface area contributed by atoms with E-state index in [1.54, 1.807) is 0 Å². The Morgan fingerprint density at radius 1 is 1.30 bits per heavy atom. The van der Waals surface area contributed by atoms with Crippen LogP contribution in [0, 0.1) is 11.8 Å². The summed E-state index contributed by atoms with van der Waals surface area (Å²) in [7, 11) is 0. The van der Waals surface area contributed by atoms with Crippen LogP contribution in [0.3, 0.4) is 0 Å². The SMILES string of the molecule is CC(C)C1CCCCC1NC(=O)NCCCOCCO. The quantitative estimate of drug-likeness (QED) is 0.597. The molecule has 0 radical (unpaired) electrons. The zero-order valence-corrected chi connectivity index (χ0v) is 12.9. The third kappa shape index (κ3) is 6.57. The zero-order chi connectivity index (χ0) is 14.8. The number of aliphatic hydroxyl groups is 1. The van der Waals surface area contributed by atoms with Gasteiger partial charge >= 0.3 is 6.03 Å². The average Bonchev–Trinajstić information content (AvgIpc) is 2.43. The fraction of sp³-hybridized carbons (Fsp3) is 0.933. The molecule has 0 spiro atoms. The van der Waals surface area contributed by atoms with Crippen LogP contribution < -0.4 is 10.6 Å². The van der Waals surface area contributed by atoms with Crippen molar-refractivity contribution in [2.45, 2.75) is 52.0 Å². The monoisotopic (exact) mass is 286 g/mol. The van der Waals surface area contributed by atoms with Crippen LogP contribution in [0.4, 0.5) is 4.79 Å². The largest absolute Gasteiger partial charge is 0.394 e. The van der Waals surface area contributed by atoms with E-state index in [2.05, 4.69) is 24.5 Å². The highest BCUT2D eigenvalue weighted by molar-refractivity contribution is 5.74. The molecule has 1 aliphatic rings. The second-order valence-corrected chi connectivity index (χ2v) is 5.89. The maximum absolute atomic E-state index is 11.9. The average molecular weight is 286 g/mol. The molecule has 0 aromatic heterocycles. The van der Waals surface area contributed by atoms with Gasteiger partial charge in [-0.1, -0.05) is 26.7 Å². The predicted octanol–water partition coefficient (Wildman–Crippen LogP) is 1.90. The lowest BCUT2D eigenvalue weighted by Crippen LogP contribution is -2.48.